The summed E-state index contributed by atoms with van der Waals surface area (Å²) in [5.41, 5.74) is 0. The van der Waals surface area contributed by atoms with Crippen LogP contribution < -0.4 is 10.6 Å². The molecule has 3 N–H and O–H groups in total. The van der Waals surface area contributed by atoms with Crippen molar-refractivity contribution in [3.05, 3.63) is 18.3 Å². The van der Waals surface area contributed by atoms with Gasteiger partial charge < -0.3 is 20.5 Å². The van der Waals surface area contributed by atoms with E-state index in [-0.39, 0.29) is 0 Å². The van der Waals surface area contributed by atoms with E-state index < -0.39 is 0 Å². The fraction of sp³-hybridized carbons (Fsp3) is 0.636. The summed E-state index contributed by atoms with van der Waals surface area (Å²) >= 11 is 0. The molecule has 2 rings (SSSR count). The van der Waals surface area contributed by atoms with Crippen LogP contribution in [-0.2, 0) is 0 Å². The molecular weight excluding hydrogens is 188 g/mol. The molecule has 0 aliphatic carbocycles. The zero-order valence-corrected chi connectivity index (χ0v) is 9.13. The standard InChI is InChI=1S/C11H20N4/c1-3-11(13-4-1)14-5-2-8-15-9-6-12-7-10-15/h1,3-4,12-14H,2,5-10H2. The first-order valence-corrected chi connectivity index (χ1v) is 5.75. The Bertz CT molecular complexity index is 252. The highest BCUT2D eigenvalue weighted by Crippen LogP contribution is 2.01. The molecule has 0 radical (unpaired) electrons. The van der Waals surface area contributed by atoms with Crippen LogP contribution in [-0.4, -0.2) is 49.2 Å². The first-order valence-electron chi connectivity index (χ1n) is 5.75. The lowest BCUT2D eigenvalue weighted by molar-refractivity contribution is 0.240. The van der Waals surface area contributed by atoms with Crippen LogP contribution in [0.1, 0.15) is 6.42 Å². The molecule has 0 spiro atoms. The van der Waals surface area contributed by atoms with Gasteiger partial charge in [-0.15, -0.1) is 0 Å². The Labute approximate surface area is 91.0 Å². The fourth-order valence-corrected chi connectivity index (χ4v) is 1.90. The van der Waals surface area contributed by atoms with Crippen LogP contribution in [0.25, 0.3) is 0 Å². The average Bonchev–Trinajstić information content (AvgIpc) is 2.79. The average molecular weight is 208 g/mol. The van der Waals surface area contributed by atoms with Gasteiger partial charge in [0.1, 0.15) is 5.82 Å². The monoisotopic (exact) mass is 208 g/mol. The first-order chi connectivity index (χ1) is 7.45. The predicted octanol–water partition coefficient (Wildman–Crippen LogP) is 0.722. The van der Waals surface area contributed by atoms with E-state index in [0.29, 0.717) is 0 Å². The Kier molecular flexibility index (Phi) is 4.05. The molecular formula is C11H20N4. The van der Waals surface area contributed by atoms with Gasteiger partial charge in [-0.1, -0.05) is 0 Å². The van der Waals surface area contributed by atoms with Crippen LogP contribution in [0.4, 0.5) is 5.82 Å². The molecule has 0 amide bonds. The highest BCUT2D eigenvalue weighted by atomic mass is 15.2. The number of hydrogen-bond acceptors (Lipinski definition) is 3. The molecule has 15 heavy (non-hydrogen) atoms. The molecule has 2 heterocycles. The summed E-state index contributed by atoms with van der Waals surface area (Å²) in [7, 11) is 0. The quantitative estimate of drug-likeness (QED) is 0.625. The number of hydrogen-bond donors (Lipinski definition) is 3. The summed E-state index contributed by atoms with van der Waals surface area (Å²) < 4.78 is 0. The number of H-pyrrole nitrogens is 1. The summed E-state index contributed by atoms with van der Waals surface area (Å²) in [6, 6.07) is 4.07. The Hall–Kier alpha value is -1.00. The molecule has 0 atom stereocenters. The van der Waals surface area contributed by atoms with Crippen molar-refractivity contribution in [3.8, 4) is 0 Å². The zero-order chi connectivity index (χ0) is 10.3. The minimum Gasteiger partial charge on any atom is -0.372 e. The number of aromatic amines is 1. The minimum atomic E-state index is 1.05. The van der Waals surface area contributed by atoms with Crippen molar-refractivity contribution in [2.45, 2.75) is 6.42 Å². The topological polar surface area (TPSA) is 43.1 Å². The third-order valence-electron chi connectivity index (χ3n) is 2.77. The lowest BCUT2D eigenvalue weighted by atomic mass is 10.3. The van der Waals surface area contributed by atoms with Crippen LogP contribution in [0.5, 0.6) is 0 Å². The van der Waals surface area contributed by atoms with Gasteiger partial charge in [0.05, 0.1) is 0 Å². The zero-order valence-electron chi connectivity index (χ0n) is 9.13. The molecule has 1 aromatic rings. The number of aromatic nitrogens is 1. The highest BCUT2D eigenvalue weighted by Gasteiger charge is 2.07. The van der Waals surface area contributed by atoms with Crippen LogP contribution in [0.2, 0.25) is 0 Å². The van der Waals surface area contributed by atoms with Gasteiger partial charge in [0.2, 0.25) is 0 Å². The molecule has 1 saturated heterocycles. The fourth-order valence-electron chi connectivity index (χ4n) is 1.90. The predicted molar refractivity (Wildman–Crippen MR) is 63.2 cm³/mol. The maximum Gasteiger partial charge on any atom is 0.103 e. The lowest BCUT2D eigenvalue weighted by Crippen LogP contribution is -2.44. The summed E-state index contributed by atoms with van der Waals surface area (Å²) in [6.07, 6.45) is 3.15. The number of nitrogens with one attached hydrogen (secondary N) is 3. The molecule has 1 aliphatic rings. The molecule has 1 fully saturated rings. The number of anilines is 1. The summed E-state index contributed by atoms with van der Waals surface area (Å²) in [6.45, 7) is 6.93. The molecule has 0 saturated carbocycles. The summed E-state index contributed by atoms with van der Waals surface area (Å²) in [5.74, 6) is 1.12. The van der Waals surface area contributed by atoms with Crippen LogP contribution in [0.3, 0.4) is 0 Å². The smallest absolute Gasteiger partial charge is 0.103 e. The van der Waals surface area contributed by atoms with Gasteiger partial charge in [0, 0.05) is 38.9 Å². The third-order valence-corrected chi connectivity index (χ3v) is 2.77. The first kappa shape index (κ1) is 10.5. The second-order valence-corrected chi connectivity index (χ2v) is 3.96. The second-order valence-electron chi connectivity index (χ2n) is 3.96. The van der Waals surface area contributed by atoms with E-state index in [9.17, 15) is 0 Å². The van der Waals surface area contributed by atoms with Crippen molar-refractivity contribution in [1.82, 2.24) is 15.2 Å². The van der Waals surface area contributed by atoms with Crippen molar-refractivity contribution in [2.75, 3.05) is 44.6 Å². The van der Waals surface area contributed by atoms with Gasteiger partial charge in [-0.2, -0.15) is 0 Å². The van der Waals surface area contributed by atoms with E-state index in [4.69, 9.17) is 0 Å². The van der Waals surface area contributed by atoms with Gasteiger partial charge in [0.25, 0.3) is 0 Å². The van der Waals surface area contributed by atoms with E-state index in [2.05, 4.69) is 26.6 Å². The van der Waals surface area contributed by atoms with Crippen molar-refractivity contribution in [3.63, 3.8) is 0 Å². The van der Waals surface area contributed by atoms with Gasteiger partial charge in [-0.25, -0.2) is 0 Å². The summed E-state index contributed by atoms with van der Waals surface area (Å²) in [5, 5.41) is 6.73. The van der Waals surface area contributed by atoms with E-state index in [0.717, 1.165) is 25.5 Å². The highest BCUT2D eigenvalue weighted by molar-refractivity contribution is 5.33. The SMILES string of the molecule is c1c[nH]c(NCCCN2CCNCC2)c1. The minimum absolute atomic E-state index is 1.05. The lowest BCUT2D eigenvalue weighted by Gasteiger charge is -2.27. The molecule has 4 nitrogen and oxygen atoms in total. The summed E-state index contributed by atoms with van der Waals surface area (Å²) in [4.78, 5) is 5.66. The number of piperazine rings is 1. The van der Waals surface area contributed by atoms with Gasteiger partial charge in [-0.05, 0) is 25.1 Å². The molecule has 0 bridgehead atoms. The molecule has 84 valence electrons. The van der Waals surface area contributed by atoms with Crippen molar-refractivity contribution >= 4 is 5.82 Å². The number of nitrogens with zero attached hydrogens (tertiary/aromatic N) is 1. The Morgan fingerprint density at radius 1 is 1.33 bits per heavy atom. The Morgan fingerprint density at radius 3 is 2.93 bits per heavy atom. The molecule has 4 heteroatoms. The van der Waals surface area contributed by atoms with Gasteiger partial charge in [-0.3, -0.25) is 0 Å². The molecule has 1 aromatic heterocycles. The molecule has 0 aromatic carbocycles. The third kappa shape index (κ3) is 3.57. The van der Waals surface area contributed by atoms with Crippen LogP contribution >= 0.6 is 0 Å². The van der Waals surface area contributed by atoms with Gasteiger partial charge >= 0.3 is 0 Å². The normalized spacial score (nSPS) is 17.9. The van der Waals surface area contributed by atoms with E-state index in [1.165, 1.54) is 26.1 Å². The van der Waals surface area contributed by atoms with Crippen molar-refractivity contribution in [2.24, 2.45) is 0 Å². The Morgan fingerprint density at radius 2 is 2.20 bits per heavy atom. The van der Waals surface area contributed by atoms with Crippen LogP contribution in [0.15, 0.2) is 18.3 Å². The van der Waals surface area contributed by atoms with Crippen molar-refractivity contribution in [1.29, 1.82) is 0 Å². The maximum absolute atomic E-state index is 3.37. The Balaban J connectivity index is 1.54. The largest absolute Gasteiger partial charge is 0.372 e. The van der Waals surface area contributed by atoms with Gasteiger partial charge in [0.15, 0.2) is 0 Å². The van der Waals surface area contributed by atoms with E-state index >= 15 is 0 Å². The second kappa shape index (κ2) is 5.78. The molecule has 1 aliphatic heterocycles. The maximum atomic E-state index is 3.37. The van der Waals surface area contributed by atoms with E-state index in [1.807, 2.05) is 12.3 Å². The number of rotatable bonds is 5. The van der Waals surface area contributed by atoms with Crippen molar-refractivity contribution < 1.29 is 0 Å². The van der Waals surface area contributed by atoms with E-state index in [1.54, 1.807) is 0 Å². The van der Waals surface area contributed by atoms with Crippen LogP contribution in [0, 0.1) is 0 Å². The molecule has 0 unspecified atom stereocenters.